The molecule has 1 aromatic heterocycles. The van der Waals surface area contributed by atoms with Crippen LogP contribution in [0, 0.1) is 0 Å². The Morgan fingerprint density at radius 3 is 3.00 bits per heavy atom. The van der Waals surface area contributed by atoms with E-state index < -0.39 is 0 Å². The third-order valence-electron chi connectivity index (χ3n) is 2.76. The van der Waals surface area contributed by atoms with Crippen molar-refractivity contribution in [1.29, 1.82) is 0 Å². The van der Waals surface area contributed by atoms with Gasteiger partial charge in [0.2, 0.25) is 0 Å². The number of nitrogens with zero attached hydrogens (tertiary/aromatic N) is 1. The van der Waals surface area contributed by atoms with Crippen LogP contribution in [0.5, 0.6) is 0 Å². The molecule has 0 aromatic carbocycles. The third-order valence-corrected chi connectivity index (χ3v) is 2.76. The number of hydrogen-bond donors (Lipinski definition) is 2. The van der Waals surface area contributed by atoms with Crippen LogP contribution < -0.4 is 5.32 Å². The number of rotatable bonds is 3. The van der Waals surface area contributed by atoms with Gasteiger partial charge in [0.25, 0.3) is 0 Å². The summed E-state index contributed by atoms with van der Waals surface area (Å²) in [6, 6.07) is 0. The van der Waals surface area contributed by atoms with Crippen molar-refractivity contribution >= 4 is 0 Å². The van der Waals surface area contributed by atoms with Gasteiger partial charge in [0.05, 0.1) is 0 Å². The Morgan fingerprint density at radius 2 is 2.31 bits per heavy atom. The van der Waals surface area contributed by atoms with Crippen molar-refractivity contribution in [2.45, 2.75) is 38.1 Å². The second-order valence-corrected chi connectivity index (χ2v) is 3.81. The van der Waals surface area contributed by atoms with Crippen molar-refractivity contribution in [2.24, 2.45) is 0 Å². The van der Waals surface area contributed by atoms with E-state index in [2.05, 4.69) is 15.3 Å². The first-order valence-corrected chi connectivity index (χ1v) is 5.08. The van der Waals surface area contributed by atoms with E-state index in [1.165, 1.54) is 37.2 Å². The quantitative estimate of drug-likeness (QED) is 0.742. The van der Waals surface area contributed by atoms with Gasteiger partial charge < -0.3 is 10.3 Å². The van der Waals surface area contributed by atoms with Crippen molar-refractivity contribution < 1.29 is 0 Å². The Hall–Kier alpha value is -0.830. The van der Waals surface area contributed by atoms with E-state index >= 15 is 0 Å². The Kier molecular flexibility index (Phi) is 2.64. The van der Waals surface area contributed by atoms with Crippen molar-refractivity contribution in [1.82, 2.24) is 15.3 Å². The van der Waals surface area contributed by atoms with Crippen molar-refractivity contribution in [2.75, 3.05) is 7.05 Å². The lowest BCUT2D eigenvalue weighted by molar-refractivity contribution is 0.673. The van der Waals surface area contributed by atoms with Crippen molar-refractivity contribution in [3.63, 3.8) is 0 Å². The lowest BCUT2D eigenvalue weighted by Crippen LogP contribution is -2.05. The summed E-state index contributed by atoms with van der Waals surface area (Å²) in [6.07, 6.45) is 7.31. The molecule has 13 heavy (non-hydrogen) atoms. The number of nitrogens with one attached hydrogen (secondary N) is 2. The van der Waals surface area contributed by atoms with Crippen LogP contribution in [0.4, 0.5) is 0 Å². The molecule has 0 amide bonds. The maximum atomic E-state index is 4.42. The first kappa shape index (κ1) is 8.75. The highest BCUT2D eigenvalue weighted by Crippen LogP contribution is 2.32. The fourth-order valence-electron chi connectivity index (χ4n) is 2.06. The molecule has 0 atom stereocenters. The second-order valence-electron chi connectivity index (χ2n) is 3.81. The molecule has 0 spiro atoms. The first-order valence-electron chi connectivity index (χ1n) is 5.08. The van der Waals surface area contributed by atoms with Crippen molar-refractivity contribution in [3.05, 3.63) is 17.7 Å². The van der Waals surface area contributed by atoms with Gasteiger partial charge in [-0.2, -0.15) is 0 Å². The van der Waals surface area contributed by atoms with Crippen molar-refractivity contribution in [3.8, 4) is 0 Å². The predicted octanol–water partition coefficient (Wildman–Crippen LogP) is 1.79. The van der Waals surface area contributed by atoms with E-state index in [9.17, 15) is 0 Å². The summed E-state index contributed by atoms with van der Waals surface area (Å²) >= 11 is 0. The monoisotopic (exact) mass is 179 g/mol. The number of hydrogen-bond acceptors (Lipinski definition) is 2. The minimum Gasteiger partial charge on any atom is -0.345 e. The van der Waals surface area contributed by atoms with E-state index in [1.807, 2.05) is 13.2 Å². The summed E-state index contributed by atoms with van der Waals surface area (Å²) < 4.78 is 0. The maximum absolute atomic E-state index is 4.42. The molecule has 0 radical (unpaired) electrons. The fourth-order valence-corrected chi connectivity index (χ4v) is 2.06. The molecule has 0 unspecified atom stereocenters. The van der Waals surface area contributed by atoms with Crippen LogP contribution in [-0.2, 0) is 6.54 Å². The van der Waals surface area contributed by atoms with Gasteiger partial charge >= 0.3 is 0 Å². The molecule has 1 aliphatic rings. The molecule has 3 heteroatoms. The molecule has 0 aliphatic heterocycles. The van der Waals surface area contributed by atoms with Gasteiger partial charge in [0.1, 0.15) is 5.82 Å². The summed E-state index contributed by atoms with van der Waals surface area (Å²) in [5.74, 6) is 1.90. The third kappa shape index (κ3) is 1.91. The zero-order chi connectivity index (χ0) is 9.10. The van der Waals surface area contributed by atoms with Crippen LogP contribution in [0.1, 0.15) is 43.1 Å². The molecule has 1 heterocycles. The summed E-state index contributed by atoms with van der Waals surface area (Å²) in [5.41, 5.74) is 1.20. The minimum absolute atomic E-state index is 0.700. The van der Waals surface area contributed by atoms with Gasteiger partial charge in [-0.15, -0.1) is 0 Å². The molecule has 1 fully saturated rings. The zero-order valence-electron chi connectivity index (χ0n) is 8.14. The number of aromatic amines is 1. The predicted molar refractivity (Wildman–Crippen MR) is 52.6 cm³/mol. The summed E-state index contributed by atoms with van der Waals surface area (Å²) in [5, 5.41) is 3.12. The Balaban J connectivity index is 2.03. The van der Waals surface area contributed by atoms with Crippen LogP contribution in [0.2, 0.25) is 0 Å². The van der Waals surface area contributed by atoms with Crippen LogP contribution in [0.15, 0.2) is 6.20 Å². The molecule has 1 aromatic rings. The Labute approximate surface area is 79.0 Å². The molecule has 2 rings (SSSR count). The average Bonchev–Trinajstić information content (AvgIpc) is 2.70. The van der Waals surface area contributed by atoms with E-state index in [4.69, 9.17) is 0 Å². The number of H-pyrrole nitrogens is 1. The zero-order valence-corrected chi connectivity index (χ0v) is 8.14. The van der Waals surface area contributed by atoms with Crippen LogP contribution >= 0.6 is 0 Å². The number of aromatic nitrogens is 2. The van der Waals surface area contributed by atoms with E-state index in [0.29, 0.717) is 5.92 Å². The molecule has 1 saturated carbocycles. The summed E-state index contributed by atoms with van der Waals surface area (Å²) in [6.45, 7) is 0.889. The van der Waals surface area contributed by atoms with Gasteiger partial charge in [-0.05, 0) is 19.9 Å². The molecule has 2 N–H and O–H groups in total. The molecular formula is C10H17N3. The number of imidazole rings is 1. The molecule has 1 aliphatic carbocycles. The fraction of sp³-hybridized carbons (Fsp3) is 0.700. The standard InChI is InChI=1S/C10H17N3/c1-11-6-9-7-12-10(13-9)8-4-2-3-5-8/h7-8,11H,2-6H2,1H3,(H,12,13). The smallest absolute Gasteiger partial charge is 0.109 e. The van der Waals surface area contributed by atoms with Crippen LogP contribution in [0.3, 0.4) is 0 Å². The lowest BCUT2D eigenvalue weighted by Gasteiger charge is -2.03. The largest absolute Gasteiger partial charge is 0.345 e. The van der Waals surface area contributed by atoms with E-state index in [0.717, 1.165) is 6.54 Å². The topological polar surface area (TPSA) is 40.7 Å². The highest BCUT2D eigenvalue weighted by Gasteiger charge is 2.19. The van der Waals surface area contributed by atoms with Gasteiger partial charge in [0, 0.05) is 24.4 Å². The average molecular weight is 179 g/mol. The molecule has 3 nitrogen and oxygen atoms in total. The molecule has 72 valence electrons. The minimum atomic E-state index is 0.700. The van der Waals surface area contributed by atoms with Gasteiger partial charge in [-0.1, -0.05) is 12.8 Å². The van der Waals surface area contributed by atoms with Gasteiger partial charge in [0.15, 0.2) is 0 Å². The molecule has 0 saturated heterocycles. The Morgan fingerprint density at radius 1 is 1.54 bits per heavy atom. The molecular weight excluding hydrogens is 162 g/mol. The van der Waals surface area contributed by atoms with E-state index in [-0.39, 0.29) is 0 Å². The normalized spacial score (nSPS) is 18.2. The lowest BCUT2D eigenvalue weighted by atomic mass is 10.1. The first-order chi connectivity index (χ1) is 6.40. The summed E-state index contributed by atoms with van der Waals surface area (Å²) in [4.78, 5) is 7.80. The SMILES string of the molecule is CNCc1cnc(C2CCCC2)[nH]1. The second kappa shape index (κ2) is 3.92. The highest BCUT2D eigenvalue weighted by molar-refractivity contribution is 5.06. The highest BCUT2D eigenvalue weighted by atomic mass is 15.0. The molecule has 0 bridgehead atoms. The maximum Gasteiger partial charge on any atom is 0.109 e. The van der Waals surface area contributed by atoms with Crippen LogP contribution in [0.25, 0.3) is 0 Å². The van der Waals surface area contributed by atoms with Crippen LogP contribution in [-0.4, -0.2) is 17.0 Å². The van der Waals surface area contributed by atoms with E-state index in [1.54, 1.807) is 0 Å². The van der Waals surface area contributed by atoms with Gasteiger partial charge in [-0.25, -0.2) is 4.98 Å². The van der Waals surface area contributed by atoms with Gasteiger partial charge in [-0.3, -0.25) is 0 Å². The Bertz CT molecular complexity index is 261. The summed E-state index contributed by atoms with van der Waals surface area (Å²) in [7, 11) is 1.95.